The summed E-state index contributed by atoms with van der Waals surface area (Å²) in [7, 11) is 2.23. The van der Waals surface area contributed by atoms with Crippen molar-refractivity contribution in [2.24, 2.45) is 0 Å². The Labute approximate surface area is 78.3 Å². The number of hydrogen-bond acceptors (Lipinski definition) is 2. The summed E-state index contributed by atoms with van der Waals surface area (Å²) < 4.78 is 2.39. The fraction of sp³-hybridized carbons (Fsp3) is 0.600. The predicted molar refractivity (Wildman–Crippen MR) is 51.6 cm³/mol. The summed E-state index contributed by atoms with van der Waals surface area (Å²) in [6, 6.07) is 4.42. The Kier molecular flexibility index (Phi) is 1.38. The molecular formula is C10H15N3. The average Bonchev–Trinajstić information content (AvgIpc) is 2.48. The molecule has 1 aromatic rings. The Morgan fingerprint density at radius 3 is 2.92 bits per heavy atom. The van der Waals surface area contributed by atoms with Gasteiger partial charge in [-0.1, -0.05) is 0 Å². The van der Waals surface area contributed by atoms with Gasteiger partial charge in [0.25, 0.3) is 0 Å². The van der Waals surface area contributed by atoms with Crippen LogP contribution < -0.4 is 5.32 Å². The quantitative estimate of drug-likeness (QED) is 0.612. The molecule has 3 rings (SSSR count). The molecule has 0 unspecified atom stereocenters. The minimum atomic E-state index is 0.307. The molecule has 3 heterocycles. The molecule has 1 N–H and O–H groups in total. The van der Waals surface area contributed by atoms with Crippen LogP contribution in [0.25, 0.3) is 0 Å². The minimum absolute atomic E-state index is 0.307. The van der Waals surface area contributed by atoms with E-state index in [9.17, 15) is 0 Å². The second-order valence-corrected chi connectivity index (χ2v) is 4.14. The Balaban J connectivity index is 2.11. The number of nitrogens with one attached hydrogen (secondary N) is 1. The molecule has 0 saturated carbocycles. The predicted octanol–water partition coefficient (Wildman–Crippen LogP) is 0.232. The van der Waals surface area contributed by atoms with E-state index in [2.05, 4.69) is 40.2 Å². The molecule has 1 fully saturated rings. The lowest BCUT2D eigenvalue weighted by Gasteiger charge is -2.52. The molecule has 3 heteroatoms. The highest BCUT2D eigenvalue weighted by atomic mass is 15.3. The molecule has 0 radical (unpaired) electrons. The number of aromatic nitrogens is 1. The van der Waals surface area contributed by atoms with Crippen molar-refractivity contribution >= 4 is 0 Å². The van der Waals surface area contributed by atoms with E-state index in [1.165, 1.54) is 12.2 Å². The standard InChI is InChI=1S/C10H15N3/c1-12-5-6-13-4-2-3-9(13)10(12)7-11-8-10/h2-4,11H,5-8H2,1H3. The number of likely N-dealkylation sites (N-methyl/N-ethyl adjacent to an activating group) is 1. The van der Waals surface area contributed by atoms with Crippen LogP contribution in [0.1, 0.15) is 5.69 Å². The van der Waals surface area contributed by atoms with Crippen molar-refractivity contribution in [3.8, 4) is 0 Å². The van der Waals surface area contributed by atoms with Gasteiger partial charge in [-0.25, -0.2) is 0 Å². The van der Waals surface area contributed by atoms with Crippen LogP contribution in [0.3, 0.4) is 0 Å². The number of fused-ring (bicyclic) bond motifs is 2. The summed E-state index contributed by atoms with van der Waals surface area (Å²) in [5.41, 5.74) is 1.79. The second-order valence-electron chi connectivity index (χ2n) is 4.14. The van der Waals surface area contributed by atoms with E-state index < -0.39 is 0 Å². The number of hydrogen-bond donors (Lipinski definition) is 1. The van der Waals surface area contributed by atoms with E-state index >= 15 is 0 Å². The molecule has 3 nitrogen and oxygen atoms in total. The molecule has 2 aliphatic rings. The van der Waals surface area contributed by atoms with Crippen LogP contribution in [0.15, 0.2) is 18.3 Å². The lowest BCUT2D eigenvalue weighted by Crippen LogP contribution is -2.68. The normalized spacial score (nSPS) is 25.6. The van der Waals surface area contributed by atoms with Crippen LogP contribution in [-0.4, -0.2) is 36.1 Å². The van der Waals surface area contributed by atoms with Crippen molar-refractivity contribution in [1.82, 2.24) is 14.8 Å². The zero-order chi connectivity index (χ0) is 8.89. The summed E-state index contributed by atoms with van der Waals surface area (Å²) in [5.74, 6) is 0. The van der Waals surface area contributed by atoms with Gasteiger partial charge < -0.3 is 9.88 Å². The lowest BCUT2D eigenvalue weighted by atomic mass is 9.85. The van der Waals surface area contributed by atoms with Crippen molar-refractivity contribution in [1.29, 1.82) is 0 Å². The van der Waals surface area contributed by atoms with Crippen LogP contribution in [0.2, 0.25) is 0 Å². The molecule has 1 aromatic heterocycles. The molecular weight excluding hydrogens is 162 g/mol. The largest absolute Gasteiger partial charge is 0.348 e. The first-order valence-electron chi connectivity index (χ1n) is 4.90. The van der Waals surface area contributed by atoms with E-state index in [0.717, 1.165) is 19.6 Å². The third kappa shape index (κ3) is 0.810. The number of nitrogens with zero attached hydrogens (tertiary/aromatic N) is 2. The molecule has 13 heavy (non-hydrogen) atoms. The Hall–Kier alpha value is -0.800. The van der Waals surface area contributed by atoms with Gasteiger partial charge in [0.15, 0.2) is 0 Å². The summed E-state index contributed by atoms with van der Waals surface area (Å²) >= 11 is 0. The van der Waals surface area contributed by atoms with Crippen molar-refractivity contribution in [3.63, 3.8) is 0 Å². The van der Waals surface area contributed by atoms with Gasteiger partial charge in [-0.05, 0) is 19.2 Å². The van der Waals surface area contributed by atoms with E-state index in [-0.39, 0.29) is 0 Å². The summed E-state index contributed by atoms with van der Waals surface area (Å²) in [6.07, 6.45) is 2.20. The first kappa shape index (κ1) is 7.59. The smallest absolute Gasteiger partial charge is 0.0863 e. The van der Waals surface area contributed by atoms with Crippen LogP contribution >= 0.6 is 0 Å². The van der Waals surface area contributed by atoms with Gasteiger partial charge in [0.2, 0.25) is 0 Å². The maximum Gasteiger partial charge on any atom is 0.0863 e. The highest BCUT2D eigenvalue weighted by molar-refractivity contribution is 5.25. The molecule has 0 bridgehead atoms. The fourth-order valence-electron chi connectivity index (χ4n) is 2.51. The third-order valence-corrected chi connectivity index (χ3v) is 3.55. The maximum atomic E-state index is 3.38. The first-order valence-corrected chi connectivity index (χ1v) is 4.90. The van der Waals surface area contributed by atoms with Gasteiger partial charge in [0.1, 0.15) is 0 Å². The van der Waals surface area contributed by atoms with Gasteiger partial charge >= 0.3 is 0 Å². The molecule has 0 aliphatic carbocycles. The topological polar surface area (TPSA) is 20.2 Å². The molecule has 1 spiro atoms. The van der Waals surface area contributed by atoms with Crippen LogP contribution in [0.4, 0.5) is 0 Å². The summed E-state index contributed by atoms with van der Waals surface area (Å²) in [6.45, 7) is 4.52. The van der Waals surface area contributed by atoms with E-state index in [1.807, 2.05) is 0 Å². The van der Waals surface area contributed by atoms with E-state index in [4.69, 9.17) is 0 Å². The monoisotopic (exact) mass is 177 g/mol. The van der Waals surface area contributed by atoms with E-state index in [1.54, 1.807) is 0 Å². The average molecular weight is 177 g/mol. The van der Waals surface area contributed by atoms with E-state index in [0.29, 0.717) is 5.54 Å². The van der Waals surface area contributed by atoms with Crippen molar-refractivity contribution in [3.05, 3.63) is 24.0 Å². The molecule has 70 valence electrons. The molecule has 2 aliphatic heterocycles. The zero-order valence-corrected chi connectivity index (χ0v) is 7.95. The SMILES string of the molecule is CN1CCn2cccc2C12CNC2. The van der Waals surface area contributed by atoms with Crippen LogP contribution in [0.5, 0.6) is 0 Å². The van der Waals surface area contributed by atoms with Crippen molar-refractivity contribution in [2.75, 3.05) is 26.7 Å². The third-order valence-electron chi connectivity index (χ3n) is 3.55. The Morgan fingerprint density at radius 2 is 2.23 bits per heavy atom. The lowest BCUT2D eigenvalue weighted by molar-refractivity contribution is 0.0291. The number of rotatable bonds is 0. The Morgan fingerprint density at radius 1 is 1.38 bits per heavy atom. The van der Waals surface area contributed by atoms with Crippen molar-refractivity contribution in [2.45, 2.75) is 12.1 Å². The first-order chi connectivity index (χ1) is 6.33. The highest BCUT2D eigenvalue weighted by Crippen LogP contribution is 2.34. The molecule has 0 atom stereocenters. The van der Waals surface area contributed by atoms with Crippen LogP contribution in [0, 0.1) is 0 Å². The molecule has 0 aromatic carbocycles. The highest BCUT2D eigenvalue weighted by Gasteiger charge is 2.45. The van der Waals surface area contributed by atoms with Crippen LogP contribution in [-0.2, 0) is 12.1 Å². The van der Waals surface area contributed by atoms with Gasteiger partial charge in [0, 0.05) is 38.1 Å². The summed E-state index contributed by atoms with van der Waals surface area (Å²) in [5, 5.41) is 3.38. The molecule has 0 amide bonds. The fourth-order valence-corrected chi connectivity index (χ4v) is 2.51. The molecule has 1 saturated heterocycles. The maximum absolute atomic E-state index is 3.38. The van der Waals surface area contributed by atoms with Gasteiger partial charge in [-0.2, -0.15) is 0 Å². The summed E-state index contributed by atoms with van der Waals surface area (Å²) in [4.78, 5) is 2.48. The zero-order valence-electron chi connectivity index (χ0n) is 7.95. The minimum Gasteiger partial charge on any atom is -0.348 e. The van der Waals surface area contributed by atoms with Crippen molar-refractivity contribution < 1.29 is 0 Å². The van der Waals surface area contributed by atoms with Gasteiger partial charge in [-0.15, -0.1) is 0 Å². The van der Waals surface area contributed by atoms with Gasteiger partial charge in [-0.3, -0.25) is 4.90 Å². The van der Waals surface area contributed by atoms with Gasteiger partial charge in [0.05, 0.1) is 5.54 Å². The Bertz CT molecular complexity index is 325. The second kappa shape index (κ2) is 2.36.